The first-order valence-electron chi connectivity index (χ1n) is 4.64. The van der Waals surface area contributed by atoms with Gasteiger partial charge in [-0.05, 0) is 19.1 Å². The van der Waals surface area contributed by atoms with E-state index in [0.717, 1.165) is 0 Å². The fourth-order valence-corrected chi connectivity index (χ4v) is 1.49. The third-order valence-corrected chi connectivity index (χ3v) is 2.13. The number of aryl methyl sites for hydroxylation is 1. The van der Waals surface area contributed by atoms with Crippen molar-refractivity contribution in [2.45, 2.75) is 6.92 Å². The minimum atomic E-state index is -1.11. The number of carboxylic acid groups (broad SMARTS) is 1. The average molecular weight is 220 g/mol. The number of hydrogen-bond acceptors (Lipinski definition) is 2. The quantitative estimate of drug-likeness (QED) is 0.815. The van der Waals surface area contributed by atoms with Crippen LogP contribution >= 0.6 is 0 Å². The Balaban J connectivity index is 2.59. The molecule has 2 N–H and O–H groups in total. The van der Waals surface area contributed by atoms with Gasteiger partial charge in [0.05, 0.1) is 0 Å². The average Bonchev–Trinajstić information content (AvgIpc) is 2.60. The summed E-state index contributed by atoms with van der Waals surface area (Å²) in [6, 6.07) is 5.68. The van der Waals surface area contributed by atoms with Crippen LogP contribution in [0.15, 0.2) is 24.3 Å². The van der Waals surface area contributed by atoms with Crippen LogP contribution in [-0.4, -0.2) is 21.0 Å². The van der Waals surface area contributed by atoms with Crippen molar-refractivity contribution in [3.63, 3.8) is 0 Å². The van der Waals surface area contributed by atoms with Gasteiger partial charge in [-0.2, -0.15) is 0 Å². The zero-order valence-electron chi connectivity index (χ0n) is 8.49. The van der Waals surface area contributed by atoms with Gasteiger partial charge >= 0.3 is 5.97 Å². The van der Waals surface area contributed by atoms with Crippen molar-refractivity contribution in [3.8, 4) is 11.3 Å². The fourth-order valence-electron chi connectivity index (χ4n) is 1.49. The summed E-state index contributed by atoms with van der Waals surface area (Å²) in [4.78, 5) is 17.6. The first kappa shape index (κ1) is 10.4. The van der Waals surface area contributed by atoms with Crippen LogP contribution in [0.1, 0.15) is 16.3 Å². The van der Waals surface area contributed by atoms with Crippen molar-refractivity contribution in [1.29, 1.82) is 0 Å². The highest BCUT2D eigenvalue weighted by molar-refractivity contribution is 5.92. The van der Waals surface area contributed by atoms with E-state index in [1.54, 1.807) is 13.0 Å². The lowest BCUT2D eigenvalue weighted by atomic mass is 10.1. The molecular formula is C11H9FN2O2. The highest BCUT2D eigenvalue weighted by atomic mass is 19.1. The van der Waals surface area contributed by atoms with E-state index in [-0.39, 0.29) is 11.4 Å². The van der Waals surface area contributed by atoms with Crippen LogP contribution in [-0.2, 0) is 0 Å². The number of carbonyl (C=O) groups is 1. The molecule has 2 aromatic rings. The summed E-state index contributed by atoms with van der Waals surface area (Å²) in [6.07, 6.45) is 0. The third kappa shape index (κ3) is 1.79. The molecule has 0 aliphatic rings. The predicted octanol–water partition coefficient (Wildman–Crippen LogP) is 2.22. The number of nitrogens with zero attached hydrogens (tertiary/aromatic N) is 1. The van der Waals surface area contributed by atoms with E-state index < -0.39 is 11.8 Å². The first-order valence-corrected chi connectivity index (χ1v) is 4.64. The van der Waals surface area contributed by atoms with E-state index in [0.29, 0.717) is 11.4 Å². The molecule has 0 spiro atoms. The summed E-state index contributed by atoms with van der Waals surface area (Å²) in [7, 11) is 0. The maximum atomic E-state index is 13.0. The number of benzene rings is 1. The second-order valence-electron chi connectivity index (χ2n) is 3.36. The SMILES string of the molecule is Cc1nc(-c2cccc(F)c2)c(C(=O)O)[nH]1. The molecule has 0 unspecified atom stereocenters. The highest BCUT2D eigenvalue weighted by Crippen LogP contribution is 2.22. The van der Waals surface area contributed by atoms with Gasteiger partial charge in [0.1, 0.15) is 17.3 Å². The number of carboxylic acids is 1. The summed E-state index contributed by atoms with van der Waals surface area (Å²) in [6.45, 7) is 1.65. The second kappa shape index (κ2) is 3.77. The van der Waals surface area contributed by atoms with Crippen molar-refractivity contribution < 1.29 is 14.3 Å². The Labute approximate surface area is 90.8 Å². The molecule has 0 fully saturated rings. The van der Waals surface area contributed by atoms with Crippen LogP contribution in [0.25, 0.3) is 11.3 Å². The Morgan fingerprint density at radius 1 is 1.50 bits per heavy atom. The van der Waals surface area contributed by atoms with Gasteiger partial charge in [-0.3, -0.25) is 0 Å². The highest BCUT2D eigenvalue weighted by Gasteiger charge is 2.16. The lowest BCUT2D eigenvalue weighted by Gasteiger charge is -1.98. The number of hydrogen-bond donors (Lipinski definition) is 2. The minimum Gasteiger partial charge on any atom is -0.477 e. The number of rotatable bonds is 2. The third-order valence-electron chi connectivity index (χ3n) is 2.13. The standard InChI is InChI=1S/C11H9FN2O2/c1-6-13-9(10(14-6)11(15)16)7-3-2-4-8(12)5-7/h2-5H,1H3,(H,13,14)(H,15,16). The van der Waals surface area contributed by atoms with Crippen molar-refractivity contribution in [2.75, 3.05) is 0 Å². The zero-order valence-corrected chi connectivity index (χ0v) is 8.49. The molecule has 1 aromatic carbocycles. The Morgan fingerprint density at radius 2 is 2.25 bits per heavy atom. The molecule has 0 saturated heterocycles. The van der Waals surface area contributed by atoms with Gasteiger partial charge in [-0.15, -0.1) is 0 Å². The molecule has 1 heterocycles. The van der Waals surface area contributed by atoms with E-state index >= 15 is 0 Å². The Bertz CT molecular complexity index is 549. The van der Waals surface area contributed by atoms with E-state index in [1.165, 1.54) is 18.2 Å². The molecular weight excluding hydrogens is 211 g/mol. The second-order valence-corrected chi connectivity index (χ2v) is 3.36. The van der Waals surface area contributed by atoms with Gasteiger partial charge in [0.25, 0.3) is 0 Å². The molecule has 0 aliphatic carbocycles. The largest absolute Gasteiger partial charge is 0.477 e. The topological polar surface area (TPSA) is 66.0 Å². The van der Waals surface area contributed by atoms with Gasteiger partial charge in [0.2, 0.25) is 0 Å². The molecule has 2 rings (SSSR count). The van der Waals surface area contributed by atoms with Crippen LogP contribution in [0, 0.1) is 12.7 Å². The first-order chi connectivity index (χ1) is 7.58. The molecule has 0 aliphatic heterocycles. The molecule has 5 heteroatoms. The monoisotopic (exact) mass is 220 g/mol. The summed E-state index contributed by atoms with van der Waals surface area (Å²) in [5, 5.41) is 8.94. The normalized spacial score (nSPS) is 10.4. The number of aromatic amines is 1. The number of H-pyrrole nitrogens is 1. The molecule has 0 bridgehead atoms. The lowest BCUT2D eigenvalue weighted by Crippen LogP contribution is -1.99. The Morgan fingerprint density at radius 3 is 2.88 bits per heavy atom. The molecule has 16 heavy (non-hydrogen) atoms. The van der Waals surface area contributed by atoms with Gasteiger partial charge in [0, 0.05) is 5.56 Å². The van der Waals surface area contributed by atoms with Crippen LogP contribution < -0.4 is 0 Å². The molecule has 82 valence electrons. The van der Waals surface area contributed by atoms with Gasteiger partial charge in [0.15, 0.2) is 5.69 Å². The molecule has 0 saturated carbocycles. The fraction of sp³-hybridized carbons (Fsp3) is 0.0909. The number of halogens is 1. The Hall–Kier alpha value is -2.17. The molecule has 4 nitrogen and oxygen atoms in total. The maximum absolute atomic E-state index is 13.0. The van der Waals surface area contributed by atoms with Crippen molar-refractivity contribution in [3.05, 3.63) is 41.6 Å². The van der Waals surface area contributed by atoms with Gasteiger partial charge < -0.3 is 10.1 Å². The number of aromatic nitrogens is 2. The van der Waals surface area contributed by atoms with Crippen LogP contribution in [0.4, 0.5) is 4.39 Å². The summed E-state index contributed by atoms with van der Waals surface area (Å²) < 4.78 is 13.0. The number of nitrogens with one attached hydrogen (secondary N) is 1. The summed E-state index contributed by atoms with van der Waals surface area (Å²) >= 11 is 0. The van der Waals surface area contributed by atoms with Crippen LogP contribution in [0.3, 0.4) is 0 Å². The van der Waals surface area contributed by atoms with Crippen molar-refractivity contribution >= 4 is 5.97 Å². The van der Waals surface area contributed by atoms with Crippen molar-refractivity contribution in [2.24, 2.45) is 0 Å². The predicted molar refractivity (Wildman–Crippen MR) is 55.7 cm³/mol. The molecule has 1 aromatic heterocycles. The number of aromatic carboxylic acids is 1. The lowest BCUT2D eigenvalue weighted by molar-refractivity contribution is 0.0692. The van der Waals surface area contributed by atoms with Crippen LogP contribution in [0.2, 0.25) is 0 Å². The molecule has 0 atom stereocenters. The molecule has 0 radical (unpaired) electrons. The van der Waals surface area contributed by atoms with E-state index in [2.05, 4.69) is 9.97 Å². The number of imidazole rings is 1. The zero-order chi connectivity index (χ0) is 11.7. The Kier molecular flexibility index (Phi) is 2.44. The van der Waals surface area contributed by atoms with Gasteiger partial charge in [-0.1, -0.05) is 12.1 Å². The van der Waals surface area contributed by atoms with E-state index in [1.807, 2.05) is 0 Å². The van der Waals surface area contributed by atoms with Gasteiger partial charge in [-0.25, -0.2) is 14.2 Å². The van der Waals surface area contributed by atoms with Crippen molar-refractivity contribution in [1.82, 2.24) is 9.97 Å². The maximum Gasteiger partial charge on any atom is 0.354 e. The van der Waals surface area contributed by atoms with E-state index in [9.17, 15) is 9.18 Å². The molecule has 0 amide bonds. The van der Waals surface area contributed by atoms with E-state index in [4.69, 9.17) is 5.11 Å². The minimum absolute atomic E-state index is 0.0249. The summed E-state index contributed by atoms with van der Waals surface area (Å²) in [5.74, 6) is -1.05. The smallest absolute Gasteiger partial charge is 0.354 e. The van der Waals surface area contributed by atoms with Crippen LogP contribution in [0.5, 0.6) is 0 Å². The summed E-state index contributed by atoms with van der Waals surface area (Å²) in [5.41, 5.74) is 0.675.